The van der Waals surface area contributed by atoms with Crippen LogP contribution in [0.5, 0.6) is 0 Å². The van der Waals surface area contributed by atoms with Crippen molar-refractivity contribution >= 4 is 17.5 Å². The van der Waals surface area contributed by atoms with Crippen molar-refractivity contribution in [3.05, 3.63) is 35.4 Å². The fraction of sp³-hybridized carbons (Fsp3) is 0.500. The molecule has 1 rings (SSSR count). The fourth-order valence-electron chi connectivity index (χ4n) is 1.47. The SMILES string of the molecule is CCCOCCCNC(=O)c1ccc(CCl)cc1. The number of amides is 1. The summed E-state index contributed by atoms with van der Waals surface area (Å²) in [6.07, 6.45) is 1.87. The number of hydrogen-bond acceptors (Lipinski definition) is 2. The van der Waals surface area contributed by atoms with Gasteiger partial charge in [-0.25, -0.2) is 0 Å². The fourth-order valence-corrected chi connectivity index (χ4v) is 1.65. The Morgan fingerprint density at radius 3 is 2.61 bits per heavy atom. The molecule has 0 bridgehead atoms. The molecule has 0 aromatic heterocycles. The van der Waals surface area contributed by atoms with E-state index in [9.17, 15) is 4.79 Å². The molecule has 3 nitrogen and oxygen atoms in total. The van der Waals surface area contributed by atoms with E-state index in [1.165, 1.54) is 0 Å². The molecule has 0 aliphatic rings. The number of rotatable bonds is 8. The van der Waals surface area contributed by atoms with Gasteiger partial charge in [0.2, 0.25) is 0 Å². The highest BCUT2D eigenvalue weighted by Gasteiger charge is 2.03. The number of nitrogens with one attached hydrogen (secondary N) is 1. The molecular formula is C14H20ClNO2. The lowest BCUT2D eigenvalue weighted by molar-refractivity contribution is 0.0941. The molecule has 0 unspecified atom stereocenters. The van der Waals surface area contributed by atoms with E-state index >= 15 is 0 Å². The number of carbonyl (C=O) groups is 1. The molecule has 1 amide bonds. The van der Waals surface area contributed by atoms with Gasteiger partial charge in [0.1, 0.15) is 0 Å². The maximum atomic E-state index is 11.7. The molecule has 1 aromatic carbocycles. The molecule has 0 saturated heterocycles. The number of ether oxygens (including phenoxy) is 1. The van der Waals surface area contributed by atoms with Gasteiger partial charge >= 0.3 is 0 Å². The minimum absolute atomic E-state index is 0.0494. The second kappa shape index (κ2) is 8.95. The first-order chi connectivity index (χ1) is 8.77. The molecule has 0 saturated carbocycles. The van der Waals surface area contributed by atoms with Gasteiger partial charge in [-0.1, -0.05) is 19.1 Å². The average Bonchev–Trinajstić information content (AvgIpc) is 2.42. The first-order valence-electron chi connectivity index (χ1n) is 6.28. The largest absolute Gasteiger partial charge is 0.381 e. The molecule has 0 radical (unpaired) electrons. The summed E-state index contributed by atoms with van der Waals surface area (Å²) in [6.45, 7) is 4.19. The van der Waals surface area contributed by atoms with Crippen LogP contribution in [0.15, 0.2) is 24.3 Å². The number of hydrogen-bond donors (Lipinski definition) is 1. The van der Waals surface area contributed by atoms with Gasteiger partial charge in [0, 0.05) is 31.2 Å². The lowest BCUT2D eigenvalue weighted by Crippen LogP contribution is -2.25. The molecule has 18 heavy (non-hydrogen) atoms. The molecular weight excluding hydrogens is 250 g/mol. The predicted octanol–water partition coefficient (Wildman–Crippen LogP) is 2.97. The Morgan fingerprint density at radius 2 is 2.00 bits per heavy atom. The van der Waals surface area contributed by atoms with E-state index < -0.39 is 0 Å². The molecule has 1 N–H and O–H groups in total. The van der Waals surface area contributed by atoms with Crippen LogP contribution in [0.2, 0.25) is 0 Å². The van der Waals surface area contributed by atoms with Crippen molar-refractivity contribution in [1.29, 1.82) is 0 Å². The smallest absolute Gasteiger partial charge is 0.251 e. The summed E-state index contributed by atoms with van der Waals surface area (Å²) >= 11 is 5.69. The molecule has 0 aliphatic carbocycles. The first-order valence-corrected chi connectivity index (χ1v) is 6.82. The Balaban J connectivity index is 2.23. The molecule has 0 atom stereocenters. The normalized spacial score (nSPS) is 10.3. The van der Waals surface area contributed by atoms with E-state index in [1.807, 2.05) is 12.1 Å². The Kier molecular flexibility index (Phi) is 7.46. The van der Waals surface area contributed by atoms with Gasteiger partial charge < -0.3 is 10.1 Å². The Labute approximate surface area is 113 Å². The van der Waals surface area contributed by atoms with Gasteiger partial charge in [-0.2, -0.15) is 0 Å². The van der Waals surface area contributed by atoms with E-state index in [4.69, 9.17) is 16.3 Å². The molecule has 4 heteroatoms. The van der Waals surface area contributed by atoms with Crippen molar-refractivity contribution in [3.8, 4) is 0 Å². The van der Waals surface area contributed by atoms with E-state index in [0.717, 1.165) is 25.0 Å². The standard InChI is InChI=1S/C14H20ClNO2/c1-2-9-18-10-3-8-16-14(17)13-6-4-12(11-15)5-7-13/h4-7H,2-3,8-11H2,1H3,(H,16,17). The van der Waals surface area contributed by atoms with Gasteiger partial charge in [-0.15, -0.1) is 11.6 Å². The highest BCUT2D eigenvalue weighted by Crippen LogP contribution is 2.06. The van der Waals surface area contributed by atoms with E-state index in [1.54, 1.807) is 12.1 Å². The zero-order chi connectivity index (χ0) is 13.2. The van der Waals surface area contributed by atoms with Crippen LogP contribution in [-0.4, -0.2) is 25.7 Å². The first kappa shape index (κ1) is 15.0. The maximum absolute atomic E-state index is 11.7. The summed E-state index contributed by atoms with van der Waals surface area (Å²) in [7, 11) is 0. The number of alkyl halides is 1. The van der Waals surface area contributed by atoms with Crippen molar-refractivity contribution in [1.82, 2.24) is 5.32 Å². The maximum Gasteiger partial charge on any atom is 0.251 e. The summed E-state index contributed by atoms with van der Waals surface area (Å²) in [6, 6.07) is 7.32. The Bertz CT molecular complexity index is 351. The third-order valence-corrected chi connectivity index (χ3v) is 2.78. The second-order valence-corrected chi connectivity index (χ2v) is 4.32. The average molecular weight is 270 g/mol. The molecule has 0 fully saturated rings. The van der Waals surface area contributed by atoms with Gasteiger partial charge in [-0.05, 0) is 30.5 Å². The van der Waals surface area contributed by atoms with Gasteiger partial charge in [0.05, 0.1) is 0 Å². The van der Waals surface area contributed by atoms with Gasteiger partial charge in [-0.3, -0.25) is 4.79 Å². The minimum atomic E-state index is -0.0494. The third-order valence-electron chi connectivity index (χ3n) is 2.47. The highest BCUT2D eigenvalue weighted by molar-refractivity contribution is 6.17. The lowest BCUT2D eigenvalue weighted by Gasteiger charge is -2.06. The van der Waals surface area contributed by atoms with E-state index in [2.05, 4.69) is 12.2 Å². The van der Waals surface area contributed by atoms with Gasteiger partial charge in [0.15, 0.2) is 0 Å². The predicted molar refractivity (Wildman–Crippen MR) is 74.1 cm³/mol. The van der Waals surface area contributed by atoms with Crippen molar-refractivity contribution in [2.75, 3.05) is 19.8 Å². The van der Waals surface area contributed by atoms with Crippen molar-refractivity contribution in [2.24, 2.45) is 0 Å². The van der Waals surface area contributed by atoms with Crippen molar-refractivity contribution < 1.29 is 9.53 Å². The number of carbonyl (C=O) groups excluding carboxylic acids is 1. The molecule has 0 spiro atoms. The summed E-state index contributed by atoms with van der Waals surface area (Å²) < 4.78 is 5.33. The molecule has 0 heterocycles. The Morgan fingerprint density at radius 1 is 1.28 bits per heavy atom. The van der Waals surface area contributed by atoms with Crippen LogP contribution in [0, 0.1) is 0 Å². The topological polar surface area (TPSA) is 38.3 Å². The molecule has 100 valence electrons. The zero-order valence-corrected chi connectivity index (χ0v) is 11.5. The van der Waals surface area contributed by atoms with Crippen LogP contribution in [0.25, 0.3) is 0 Å². The van der Waals surface area contributed by atoms with Crippen molar-refractivity contribution in [2.45, 2.75) is 25.6 Å². The lowest BCUT2D eigenvalue weighted by atomic mass is 10.1. The number of halogens is 1. The minimum Gasteiger partial charge on any atom is -0.381 e. The summed E-state index contributed by atoms with van der Waals surface area (Å²) in [5.74, 6) is 0.419. The van der Waals surface area contributed by atoms with Crippen molar-refractivity contribution in [3.63, 3.8) is 0 Å². The number of benzene rings is 1. The monoisotopic (exact) mass is 269 g/mol. The zero-order valence-electron chi connectivity index (χ0n) is 10.7. The summed E-state index contributed by atoms with van der Waals surface area (Å²) in [5, 5.41) is 2.86. The van der Waals surface area contributed by atoms with Crippen LogP contribution in [0.3, 0.4) is 0 Å². The molecule has 1 aromatic rings. The van der Waals surface area contributed by atoms with Crippen LogP contribution in [0.4, 0.5) is 0 Å². The van der Waals surface area contributed by atoms with E-state index in [0.29, 0.717) is 24.6 Å². The van der Waals surface area contributed by atoms with Crippen LogP contribution < -0.4 is 5.32 Å². The van der Waals surface area contributed by atoms with Crippen LogP contribution in [-0.2, 0) is 10.6 Å². The van der Waals surface area contributed by atoms with E-state index in [-0.39, 0.29) is 5.91 Å². The molecule has 0 aliphatic heterocycles. The quantitative estimate of drug-likeness (QED) is 0.582. The van der Waals surface area contributed by atoms with Gasteiger partial charge in [0.25, 0.3) is 5.91 Å². The Hall–Kier alpha value is -1.06. The van der Waals surface area contributed by atoms with Crippen LogP contribution >= 0.6 is 11.6 Å². The summed E-state index contributed by atoms with van der Waals surface area (Å²) in [5.41, 5.74) is 1.68. The van der Waals surface area contributed by atoms with Crippen LogP contribution in [0.1, 0.15) is 35.7 Å². The summed E-state index contributed by atoms with van der Waals surface area (Å²) in [4.78, 5) is 11.7. The third kappa shape index (κ3) is 5.52. The highest BCUT2D eigenvalue weighted by atomic mass is 35.5. The second-order valence-electron chi connectivity index (χ2n) is 4.05.